The lowest BCUT2D eigenvalue weighted by Crippen LogP contribution is -2.40. The van der Waals surface area contributed by atoms with E-state index in [-0.39, 0.29) is 5.69 Å². The number of ether oxygens (including phenoxy) is 2. The Morgan fingerprint density at radius 3 is 2.48 bits per heavy atom. The first-order chi connectivity index (χ1) is 16.0. The second kappa shape index (κ2) is 8.39. The highest BCUT2D eigenvalue weighted by Crippen LogP contribution is 2.33. The van der Waals surface area contributed by atoms with Crippen molar-refractivity contribution in [3.63, 3.8) is 0 Å². The average Bonchev–Trinajstić information content (AvgIpc) is 2.85. The van der Waals surface area contributed by atoms with Crippen LogP contribution in [0.2, 0.25) is 0 Å². The summed E-state index contributed by atoms with van der Waals surface area (Å²) in [4.78, 5) is 12.2. The van der Waals surface area contributed by atoms with E-state index in [9.17, 15) is 4.79 Å². The lowest BCUT2D eigenvalue weighted by atomic mass is 10.0. The number of fused-ring (bicyclic) bond motifs is 1. The van der Waals surface area contributed by atoms with Gasteiger partial charge in [0.2, 0.25) is 0 Å². The molecule has 0 saturated heterocycles. The Labute approximate surface area is 191 Å². The number of aromatic nitrogens is 3. The van der Waals surface area contributed by atoms with Gasteiger partial charge in [0, 0.05) is 18.2 Å². The van der Waals surface area contributed by atoms with E-state index >= 15 is 0 Å². The van der Waals surface area contributed by atoms with Crippen molar-refractivity contribution in [1.82, 2.24) is 14.6 Å². The SMILES string of the molecule is COc1ccccc1-c1ccc2cc(OCc3c(C)cccc3-n3[nH]n(C)c3=O)ccc2c1. The summed E-state index contributed by atoms with van der Waals surface area (Å²) in [5, 5.41) is 5.20. The summed E-state index contributed by atoms with van der Waals surface area (Å²) < 4.78 is 14.6. The monoisotopic (exact) mass is 439 g/mol. The topological polar surface area (TPSA) is 61.2 Å². The number of hydrogen-bond donors (Lipinski definition) is 1. The highest BCUT2D eigenvalue weighted by Gasteiger charge is 2.14. The minimum absolute atomic E-state index is 0.0987. The molecule has 4 aromatic carbocycles. The lowest BCUT2D eigenvalue weighted by molar-refractivity contribution is 0.304. The summed E-state index contributed by atoms with van der Waals surface area (Å²) in [6, 6.07) is 26.3. The number of aromatic amines is 1. The molecule has 0 fully saturated rings. The molecule has 6 nitrogen and oxygen atoms in total. The van der Waals surface area contributed by atoms with E-state index in [4.69, 9.17) is 9.47 Å². The minimum Gasteiger partial charge on any atom is -0.496 e. The quantitative estimate of drug-likeness (QED) is 0.395. The predicted molar refractivity (Wildman–Crippen MR) is 130 cm³/mol. The molecular weight excluding hydrogens is 414 g/mol. The first-order valence-corrected chi connectivity index (χ1v) is 10.8. The molecule has 0 atom stereocenters. The van der Waals surface area contributed by atoms with Crippen molar-refractivity contribution >= 4 is 10.8 Å². The lowest BCUT2D eigenvalue weighted by Gasteiger charge is -2.18. The summed E-state index contributed by atoms with van der Waals surface area (Å²) in [6.45, 7) is 2.39. The molecule has 0 saturated carbocycles. The zero-order chi connectivity index (χ0) is 22.9. The minimum atomic E-state index is -0.0987. The molecule has 0 radical (unpaired) electrons. The molecule has 0 amide bonds. The molecule has 5 aromatic rings. The largest absolute Gasteiger partial charge is 0.496 e. The third kappa shape index (κ3) is 3.80. The van der Waals surface area contributed by atoms with Gasteiger partial charge in [0.25, 0.3) is 0 Å². The van der Waals surface area contributed by atoms with Gasteiger partial charge in [0.15, 0.2) is 0 Å². The molecule has 0 aliphatic carbocycles. The van der Waals surface area contributed by atoms with E-state index in [1.54, 1.807) is 14.2 Å². The molecule has 1 heterocycles. The normalized spacial score (nSPS) is 11.1. The number of nitrogens with zero attached hydrogens (tertiary/aromatic N) is 2. The van der Waals surface area contributed by atoms with Crippen LogP contribution in [-0.2, 0) is 13.7 Å². The van der Waals surface area contributed by atoms with Crippen LogP contribution in [0.25, 0.3) is 27.6 Å². The van der Waals surface area contributed by atoms with Gasteiger partial charge >= 0.3 is 5.69 Å². The smallest absolute Gasteiger partial charge is 0.364 e. The molecule has 5 rings (SSSR count). The Morgan fingerprint density at radius 2 is 1.70 bits per heavy atom. The van der Waals surface area contributed by atoms with Crippen LogP contribution in [-0.4, -0.2) is 21.7 Å². The molecule has 0 aliphatic heterocycles. The number of methoxy groups -OCH3 is 1. The fourth-order valence-electron chi connectivity index (χ4n) is 4.10. The van der Waals surface area contributed by atoms with Crippen molar-refractivity contribution in [2.75, 3.05) is 7.11 Å². The van der Waals surface area contributed by atoms with Crippen molar-refractivity contribution < 1.29 is 9.47 Å². The van der Waals surface area contributed by atoms with E-state index in [2.05, 4.69) is 35.5 Å². The number of H-pyrrole nitrogens is 1. The summed E-state index contributed by atoms with van der Waals surface area (Å²) in [6.07, 6.45) is 0. The first kappa shape index (κ1) is 20.7. The number of hydrogen-bond acceptors (Lipinski definition) is 3. The van der Waals surface area contributed by atoms with Gasteiger partial charge in [-0.3, -0.25) is 0 Å². The maximum Gasteiger partial charge on any atom is 0.364 e. The Morgan fingerprint density at radius 1 is 0.909 bits per heavy atom. The van der Waals surface area contributed by atoms with Crippen LogP contribution >= 0.6 is 0 Å². The third-order valence-electron chi connectivity index (χ3n) is 5.97. The maximum absolute atomic E-state index is 12.2. The molecule has 1 aromatic heterocycles. The van der Waals surface area contributed by atoms with Gasteiger partial charge in [-0.25, -0.2) is 14.7 Å². The molecular formula is C27H25N3O3. The second-order valence-corrected chi connectivity index (χ2v) is 8.06. The van der Waals surface area contributed by atoms with Crippen LogP contribution in [0.3, 0.4) is 0 Å². The summed E-state index contributed by atoms with van der Waals surface area (Å²) in [5.74, 6) is 1.63. The van der Waals surface area contributed by atoms with Crippen molar-refractivity contribution in [3.8, 4) is 28.3 Å². The van der Waals surface area contributed by atoms with Gasteiger partial charge in [-0.05, 0) is 59.2 Å². The Kier molecular flexibility index (Phi) is 5.26. The van der Waals surface area contributed by atoms with E-state index < -0.39 is 0 Å². The number of rotatable bonds is 6. The number of aryl methyl sites for hydroxylation is 2. The summed E-state index contributed by atoms with van der Waals surface area (Å²) in [5.41, 5.74) is 4.92. The van der Waals surface area contributed by atoms with Gasteiger partial charge in [0.05, 0.1) is 12.8 Å². The van der Waals surface area contributed by atoms with Gasteiger partial charge in [-0.1, -0.05) is 48.5 Å². The molecule has 0 bridgehead atoms. The second-order valence-electron chi connectivity index (χ2n) is 8.06. The average molecular weight is 440 g/mol. The van der Waals surface area contributed by atoms with Gasteiger partial charge in [0.1, 0.15) is 18.1 Å². The molecule has 33 heavy (non-hydrogen) atoms. The standard InChI is InChI=1S/C27H25N3O3/c1-18-7-6-9-25(30-27(31)29(2)28-30)24(18)17-33-22-14-13-19-15-21(12-11-20(19)16-22)23-8-4-5-10-26(23)32-3/h4-16,28H,17H2,1-3H3. The third-order valence-corrected chi connectivity index (χ3v) is 5.97. The van der Waals surface area contributed by atoms with Crippen LogP contribution in [0.15, 0.2) is 83.7 Å². The van der Waals surface area contributed by atoms with Crippen LogP contribution in [0, 0.1) is 6.92 Å². The number of nitrogens with one attached hydrogen (secondary N) is 1. The van der Waals surface area contributed by atoms with Gasteiger partial charge < -0.3 is 9.47 Å². The molecule has 166 valence electrons. The van der Waals surface area contributed by atoms with Crippen molar-refractivity contribution in [1.29, 1.82) is 0 Å². The van der Waals surface area contributed by atoms with Crippen molar-refractivity contribution in [2.24, 2.45) is 7.05 Å². The highest BCUT2D eigenvalue weighted by atomic mass is 16.5. The molecule has 0 unspecified atom stereocenters. The van der Waals surface area contributed by atoms with Crippen LogP contribution < -0.4 is 15.2 Å². The maximum atomic E-state index is 12.2. The molecule has 0 aliphatic rings. The fraction of sp³-hybridized carbons (Fsp3) is 0.148. The zero-order valence-electron chi connectivity index (χ0n) is 18.8. The Bertz CT molecular complexity index is 1510. The summed E-state index contributed by atoms with van der Waals surface area (Å²) >= 11 is 0. The zero-order valence-corrected chi connectivity index (χ0v) is 18.8. The first-order valence-electron chi connectivity index (χ1n) is 10.8. The predicted octanol–water partition coefficient (Wildman–Crippen LogP) is 5.22. The van der Waals surface area contributed by atoms with E-state index in [0.717, 1.165) is 50.2 Å². The Hall–Kier alpha value is -4.19. The van der Waals surface area contributed by atoms with E-state index in [0.29, 0.717) is 6.61 Å². The van der Waals surface area contributed by atoms with Crippen molar-refractivity contribution in [2.45, 2.75) is 13.5 Å². The highest BCUT2D eigenvalue weighted by molar-refractivity contribution is 5.89. The van der Waals surface area contributed by atoms with Crippen LogP contribution in [0.4, 0.5) is 0 Å². The van der Waals surface area contributed by atoms with Gasteiger partial charge in [-0.15, -0.1) is 0 Å². The Balaban J connectivity index is 1.41. The molecule has 1 N–H and O–H groups in total. The molecule has 6 heteroatoms. The molecule has 0 spiro atoms. The van der Waals surface area contributed by atoms with Crippen LogP contribution in [0.5, 0.6) is 11.5 Å². The van der Waals surface area contributed by atoms with E-state index in [1.807, 2.05) is 55.5 Å². The fourth-order valence-corrected chi connectivity index (χ4v) is 4.10. The van der Waals surface area contributed by atoms with Gasteiger partial charge in [-0.2, -0.15) is 4.68 Å². The van der Waals surface area contributed by atoms with Crippen molar-refractivity contribution in [3.05, 3.63) is 100 Å². The van der Waals surface area contributed by atoms with Crippen LogP contribution in [0.1, 0.15) is 11.1 Å². The summed E-state index contributed by atoms with van der Waals surface area (Å²) in [7, 11) is 3.38. The number of para-hydroxylation sites is 1. The van der Waals surface area contributed by atoms with E-state index in [1.165, 1.54) is 9.36 Å². The number of benzene rings is 4.